The zero-order chi connectivity index (χ0) is 23.8. The number of ether oxygens (including phenoxy) is 1. The maximum atomic E-state index is 14.8. The number of pyridine rings is 1. The van der Waals surface area contributed by atoms with Gasteiger partial charge in [-0.2, -0.15) is 4.98 Å². The molecular weight excluding hydrogens is 439 g/mol. The number of carbonyl (C=O) groups is 1. The van der Waals surface area contributed by atoms with E-state index < -0.39 is 5.82 Å². The van der Waals surface area contributed by atoms with Gasteiger partial charge < -0.3 is 20.5 Å². The van der Waals surface area contributed by atoms with Gasteiger partial charge in [0.25, 0.3) is 5.91 Å². The largest absolute Gasteiger partial charge is 0.496 e. The number of aliphatic hydroxyl groups is 1. The molecule has 1 saturated heterocycles. The van der Waals surface area contributed by atoms with E-state index in [-0.39, 0.29) is 36.7 Å². The van der Waals surface area contributed by atoms with E-state index in [4.69, 9.17) is 4.74 Å². The number of hydrogen-bond acceptors (Lipinski definition) is 8. The average molecular weight is 465 g/mol. The first-order valence-electron chi connectivity index (χ1n) is 11.1. The van der Waals surface area contributed by atoms with Gasteiger partial charge in [-0.1, -0.05) is 6.07 Å². The smallest absolute Gasteiger partial charge is 0.260 e. The van der Waals surface area contributed by atoms with E-state index >= 15 is 0 Å². The summed E-state index contributed by atoms with van der Waals surface area (Å²) in [6.45, 7) is 2.79. The maximum Gasteiger partial charge on any atom is 0.260 e. The van der Waals surface area contributed by atoms with Crippen LogP contribution < -0.4 is 20.3 Å². The lowest BCUT2D eigenvalue weighted by Crippen LogP contribution is -2.27. The highest BCUT2D eigenvalue weighted by Gasteiger charge is 2.34. The number of rotatable bonds is 6. The number of nitrogens with zero attached hydrogens (tertiary/aromatic N) is 4. The Morgan fingerprint density at radius 3 is 2.94 bits per heavy atom. The number of benzene rings is 1. The van der Waals surface area contributed by atoms with Gasteiger partial charge >= 0.3 is 0 Å². The molecule has 3 aromatic rings. The topological polar surface area (TPSA) is 112 Å². The number of carbonyl (C=O) groups excluding carboxylic acids is 1. The summed E-state index contributed by atoms with van der Waals surface area (Å²) in [5.74, 6) is 0.510. The van der Waals surface area contributed by atoms with Gasteiger partial charge in [0.15, 0.2) is 0 Å². The highest BCUT2D eigenvalue weighted by atomic mass is 19.1. The van der Waals surface area contributed by atoms with Crippen molar-refractivity contribution in [2.75, 3.05) is 30.5 Å². The minimum absolute atomic E-state index is 0.0396. The Morgan fingerprint density at radius 2 is 2.18 bits per heavy atom. The monoisotopic (exact) mass is 464 g/mol. The van der Waals surface area contributed by atoms with Gasteiger partial charge in [0.05, 0.1) is 31.5 Å². The summed E-state index contributed by atoms with van der Waals surface area (Å²) >= 11 is 0. The van der Waals surface area contributed by atoms with E-state index in [1.807, 2.05) is 6.92 Å². The summed E-state index contributed by atoms with van der Waals surface area (Å²) in [4.78, 5) is 28.3. The number of anilines is 2. The van der Waals surface area contributed by atoms with Crippen LogP contribution in [0.2, 0.25) is 0 Å². The van der Waals surface area contributed by atoms with E-state index in [1.54, 1.807) is 29.2 Å². The molecule has 0 bridgehead atoms. The highest BCUT2D eigenvalue weighted by molar-refractivity contribution is 6.10. The fourth-order valence-corrected chi connectivity index (χ4v) is 4.54. The number of fused-ring (bicyclic) bond motifs is 1. The van der Waals surface area contributed by atoms with Crippen molar-refractivity contribution in [3.05, 3.63) is 59.2 Å². The van der Waals surface area contributed by atoms with Crippen LogP contribution in [0.5, 0.6) is 5.75 Å². The van der Waals surface area contributed by atoms with E-state index in [9.17, 15) is 14.3 Å². The van der Waals surface area contributed by atoms with Crippen molar-refractivity contribution < 1.29 is 19.0 Å². The SMILES string of the molecule is COc1cccc(F)c1-c1nccc2c1CN(c1cc(C)nc(N[C@@H]3CN[C@@H](CO)C3)n1)C2=O. The molecule has 10 heteroatoms. The van der Waals surface area contributed by atoms with Gasteiger partial charge in [-0.3, -0.25) is 14.7 Å². The number of halogens is 1. The Bertz CT molecular complexity index is 1250. The first-order valence-corrected chi connectivity index (χ1v) is 11.1. The number of nitrogens with one attached hydrogen (secondary N) is 2. The molecule has 176 valence electrons. The van der Waals surface area contributed by atoms with E-state index in [0.29, 0.717) is 46.6 Å². The normalized spacial score (nSPS) is 19.4. The molecule has 3 N–H and O–H groups in total. The standard InChI is InChI=1S/C24H25FN6O3/c1-13-8-20(30-24(28-13)29-14-9-15(12-32)27-10-14)31-11-17-16(23(31)33)6-7-26-22(17)21-18(25)4-3-5-19(21)34-2/h3-8,14-15,27,32H,9-12H2,1-2H3,(H,28,29,30)/t14-,15+/m0/s1. The Hall–Kier alpha value is -3.63. The van der Waals surface area contributed by atoms with Crippen LogP contribution in [0.4, 0.5) is 16.2 Å². The van der Waals surface area contributed by atoms with Crippen LogP contribution in [-0.4, -0.2) is 58.3 Å². The average Bonchev–Trinajstić information content (AvgIpc) is 3.42. The molecule has 2 atom stereocenters. The van der Waals surface area contributed by atoms with Crippen molar-refractivity contribution in [3.63, 3.8) is 0 Å². The number of aliphatic hydroxyl groups excluding tert-OH is 1. The summed E-state index contributed by atoms with van der Waals surface area (Å²) in [7, 11) is 1.47. The molecule has 9 nitrogen and oxygen atoms in total. The summed E-state index contributed by atoms with van der Waals surface area (Å²) < 4.78 is 20.2. The number of amides is 1. The van der Waals surface area contributed by atoms with E-state index in [0.717, 1.165) is 6.42 Å². The first-order chi connectivity index (χ1) is 16.5. The predicted molar refractivity (Wildman–Crippen MR) is 124 cm³/mol. The molecule has 4 heterocycles. The second-order valence-electron chi connectivity index (χ2n) is 8.45. The lowest BCUT2D eigenvalue weighted by atomic mass is 10.0. The van der Waals surface area contributed by atoms with Gasteiger partial charge in [0, 0.05) is 47.7 Å². The van der Waals surface area contributed by atoms with Crippen LogP contribution in [0, 0.1) is 12.7 Å². The fraction of sp³-hybridized carbons (Fsp3) is 0.333. The summed E-state index contributed by atoms with van der Waals surface area (Å²) in [6.07, 6.45) is 2.25. The molecule has 0 spiro atoms. The van der Waals surface area contributed by atoms with Crippen LogP contribution in [0.1, 0.15) is 28.0 Å². The number of methoxy groups -OCH3 is 1. The van der Waals surface area contributed by atoms with Crippen molar-refractivity contribution in [2.45, 2.75) is 32.0 Å². The third-order valence-corrected chi connectivity index (χ3v) is 6.17. The Labute approximate surface area is 196 Å². The lowest BCUT2D eigenvalue weighted by Gasteiger charge is -2.18. The molecule has 34 heavy (non-hydrogen) atoms. The molecule has 2 aliphatic rings. The minimum Gasteiger partial charge on any atom is -0.496 e. The maximum absolute atomic E-state index is 14.8. The zero-order valence-corrected chi connectivity index (χ0v) is 18.9. The van der Waals surface area contributed by atoms with E-state index in [1.165, 1.54) is 19.4 Å². The first kappa shape index (κ1) is 22.2. The predicted octanol–water partition coefficient (Wildman–Crippen LogP) is 2.29. The molecule has 0 unspecified atom stereocenters. The molecule has 2 aromatic heterocycles. The molecule has 1 aromatic carbocycles. The van der Waals surface area contributed by atoms with E-state index in [2.05, 4.69) is 25.6 Å². The third kappa shape index (κ3) is 3.95. The molecule has 0 saturated carbocycles. The molecule has 1 amide bonds. The molecule has 0 aliphatic carbocycles. The van der Waals surface area contributed by atoms with Gasteiger partial charge in [-0.25, -0.2) is 9.37 Å². The van der Waals surface area contributed by atoms with Crippen molar-refractivity contribution in [2.24, 2.45) is 0 Å². The summed E-state index contributed by atoms with van der Waals surface area (Å²) in [5.41, 5.74) is 2.37. The quantitative estimate of drug-likeness (QED) is 0.510. The summed E-state index contributed by atoms with van der Waals surface area (Å²) in [5, 5.41) is 15.9. The van der Waals surface area contributed by atoms with Crippen LogP contribution in [-0.2, 0) is 6.54 Å². The van der Waals surface area contributed by atoms with Crippen LogP contribution in [0.3, 0.4) is 0 Å². The Kier molecular flexibility index (Phi) is 5.84. The van der Waals surface area contributed by atoms with Crippen LogP contribution >= 0.6 is 0 Å². The number of hydrogen-bond donors (Lipinski definition) is 3. The van der Waals surface area contributed by atoms with Gasteiger partial charge in [-0.05, 0) is 31.5 Å². The van der Waals surface area contributed by atoms with Gasteiger partial charge in [0.2, 0.25) is 5.95 Å². The van der Waals surface area contributed by atoms with Gasteiger partial charge in [0.1, 0.15) is 17.4 Å². The highest BCUT2D eigenvalue weighted by Crippen LogP contribution is 2.38. The molecule has 5 rings (SSSR count). The van der Waals surface area contributed by atoms with Crippen molar-refractivity contribution in [3.8, 4) is 17.0 Å². The molecule has 1 fully saturated rings. The van der Waals surface area contributed by atoms with Crippen molar-refractivity contribution >= 4 is 17.7 Å². The van der Waals surface area contributed by atoms with Gasteiger partial charge in [-0.15, -0.1) is 0 Å². The summed E-state index contributed by atoms with van der Waals surface area (Å²) in [6, 6.07) is 8.08. The van der Waals surface area contributed by atoms with Crippen LogP contribution in [0.15, 0.2) is 36.5 Å². The minimum atomic E-state index is -0.470. The molecular formula is C24H25FN6O3. The molecule has 2 aliphatic heterocycles. The van der Waals surface area contributed by atoms with Crippen LogP contribution in [0.25, 0.3) is 11.3 Å². The third-order valence-electron chi connectivity index (χ3n) is 6.17. The zero-order valence-electron chi connectivity index (χ0n) is 18.9. The van der Waals surface area contributed by atoms with Crippen molar-refractivity contribution in [1.29, 1.82) is 0 Å². The number of aromatic nitrogens is 3. The Balaban J connectivity index is 1.47. The second kappa shape index (κ2) is 8.96. The van der Waals surface area contributed by atoms with Crippen molar-refractivity contribution in [1.82, 2.24) is 20.3 Å². The Morgan fingerprint density at radius 1 is 1.32 bits per heavy atom. The fourth-order valence-electron chi connectivity index (χ4n) is 4.54. The molecule has 0 radical (unpaired) electrons. The number of aryl methyl sites for hydroxylation is 1. The second-order valence-corrected chi connectivity index (χ2v) is 8.45. The lowest BCUT2D eigenvalue weighted by molar-refractivity contribution is 0.0996.